The number of alkyl halides is 4. The van der Waals surface area contributed by atoms with Crippen LogP contribution in [0.15, 0.2) is 24.3 Å². The normalized spacial score (nSPS) is 12.9. The van der Waals surface area contributed by atoms with Gasteiger partial charge >= 0.3 is 0 Å². The van der Waals surface area contributed by atoms with Gasteiger partial charge in [-0.3, -0.25) is 0 Å². The third kappa shape index (κ3) is 5.60. The molecule has 0 aliphatic heterocycles. The number of rotatable bonds is 4. The van der Waals surface area contributed by atoms with Gasteiger partial charge in [0.15, 0.2) is 0 Å². The number of phenolic OH excluding ortho intramolecular Hbond substituents is 4. The second-order valence-corrected chi connectivity index (χ2v) is 12.9. The molecule has 0 spiro atoms. The summed E-state index contributed by atoms with van der Waals surface area (Å²) < 4.78 is 0. The van der Waals surface area contributed by atoms with Crippen LogP contribution in [0, 0.1) is 27.7 Å². The summed E-state index contributed by atoms with van der Waals surface area (Å²) >= 11 is 25.6. The van der Waals surface area contributed by atoms with Crippen LogP contribution in [0.2, 0.25) is 0 Å². The Kier molecular flexibility index (Phi) is 9.58. The second-order valence-electron chi connectivity index (χ2n) is 11.8. The zero-order valence-electron chi connectivity index (χ0n) is 25.3. The first-order valence-electron chi connectivity index (χ1n) is 14.5. The van der Waals surface area contributed by atoms with Crippen molar-refractivity contribution in [3.8, 4) is 23.0 Å². The van der Waals surface area contributed by atoms with Crippen LogP contribution in [0.1, 0.15) is 89.0 Å². The van der Waals surface area contributed by atoms with E-state index >= 15 is 0 Å². The largest absolute Gasteiger partial charge is 0.507 e. The van der Waals surface area contributed by atoms with Crippen LogP contribution in [0.25, 0.3) is 0 Å². The fraction of sp³-hybridized carbons (Fsp3) is 0.333. The summed E-state index contributed by atoms with van der Waals surface area (Å²) in [5.41, 5.74) is 11.8. The summed E-state index contributed by atoms with van der Waals surface area (Å²) in [7, 11) is 0. The van der Waals surface area contributed by atoms with E-state index < -0.39 is 0 Å². The molecule has 1 aliphatic carbocycles. The summed E-state index contributed by atoms with van der Waals surface area (Å²) in [6.07, 6.45) is 0.922. The van der Waals surface area contributed by atoms with Crippen molar-refractivity contribution in [2.75, 3.05) is 0 Å². The first kappa shape index (κ1) is 32.6. The third-order valence-electron chi connectivity index (χ3n) is 9.54. The van der Waals surface area contributed by atoms with E-state index in [1.807, 2.05) is 52.0 Å². The average molecular weight is 674 g/mol. The Bertz CT molecular complexity index is 1670. The van der Waals surface area contributed by atoms with Gasteiger partial charge in [-0.2, -0.15) is 0 Å². The van der Waals surface area contributed by atoms with Gasteiger partial charge < -0.3 is 20.4 Å². The molecule has 0 saturated heterocycles. The maximum Gasteiger partial charge on any atom is 0.122 e. The molecule has 8 heteroatoms. The summed E-state index contributed by atoms with van der Waals surface area (Å²) in [6.45, 7) is 7.67. The molecule has 4 aromatic rings. The predicted molar refractivity (Wildman–Crippen MR) is 181 cm³/mol. The van der Waals surface area contributed by atoms with E-state index in [0.717, 1.165) is 44.5 Å². The summed E-state index contributed by atoms with van der Waals surface area (Å²) in [6, 6.07) is 7.51. The number of phenols is 4. The molecule has 0 amide bonds. The van der Waals surface area contributed by atoms with Crippen LogP contribution in [-0.2, 0) is 49.2 Å². The SMILES string of the molecule is Cc1c(CCl)cc2c(O)c1Cc1cc(CCl)c(C)c(c1O)Cc1c(C)c(CCl)cc(c1O)Cc1c(C)c(CCl)cc(c1O)C2. The van der Waals surface area contributed by atoms with Crippen molar-refractivity contribution in [2.45, 2.75) is 76.9 Å². The van der Waals surface area contributed by atoms with E-state index in [0.29, 0.717) is 44.5 Å². The molecule has 44 heavy (non-hydrogen) atoms. The standard InChI is InChI=1S/C36H36Cl4O4/c1-17-25(13-37)6-21-5-22-7-26(14-38)18(2)30(34(22)42)11-24-9-28(16-40)20(4)32(36(24)44)12-31-19(3)27(15-39)8-23(35(31)43)10-29(17)33(21)41/h6-9,41-44H,5,10-16H2,1-4H3. The number of hydrogen-bond acceptors (Lipinski definition) is 4. The molecule has 0 unspecified atom stereocenters. The molecule has 0 atom stereocenters. The van der Waals surface area contributed by atoms with Gasteiger partial charge in [0.25, 0.3) is 0 Å². The molecular weight excluding hydrogens is 638 g/mol. The molecule has 0 saturated carbocycles. The zero-order chi connectivity index (χ0) is 32.0. The Morgan fingerprint density at radius 3 is 0.886 bits per heavy atom. The van der Waals surface area contributed by atoms with Crippen molar-refractivity contribution in [3.05, 3.63) is 113 Å². The maximum atomic E-state index is 11.8. The van der Waals surface area contributed by atoms with Crippen LogP contribution < -0.4 is 0 Å². The molecule has 0 radical (unpaired) electrons. The zero-order valence-corrected chi connectivity index (χ0v) is 28.3. The molecule has 8 bridgehead atoms. The Morgan fingerprint density at radius 2 is 0.636 bits per heavy atom. The van der Waals surface area contributed by atoms with E-state index in [2.05, 4.69) is 0 Å². The van der Waals surface area contributed by atoms with Gasteiger partial charge in [0.05, 0.1) is 0 Å². The van der Waals surface area contributed by atoms with E-state index in [9.17, 15) is 20.4 Å². The quantitative estimate of drug-likeness (QED) is 0.143. The predicted octanol–water partition coefficient (Wildman–Crippen LogP) is 9.37. The van der Waals surface area contributed by atoms with E-state index in [4.69, 9.17) is 46.4 Å². The lowest BCUT2D eigenvalue weighted by Crippen LogP contribution is -2.08. The summed E-state index contributed by atoms with van der Waals surface area (Å²) in [5.74, 6) is 1.32. The average Bonchev–Trinajstić information content (AvgIpc) is 3.01. The minimum absolute atomic E-state index is 0.0943. The van der Waals surface area contributed by atoms with Crippen LogP contribution >= 0.6 is 46.4 Å². The minimum atomic E-state index is 0.0943. The Labute approximate surface area is 278 Å². The van der Waals surface area contributed by atoms with Crippen LogP contribution in [0.4, 0.5) is 0 Å². The van der Waals surface area contributed by atoms with Gasteiger partial charge in [-0.15, -0.1) is 46.4 Å². The van der Waals surface area contributed by atoms with E-state index in [1.165, 1.54) is 0 Å². The Morgan fingerprint density at radius 1 is 0.409 bits per heavy atom. The van der Waals surface area contributed by atoms with Gasteiger partial charge in [0.2, 0.25) is 0 Å². The van der Waals surface area contributed by atoms with E-state index in [1.54, 1.807) is 0 Å². The number of halogens is 4. The van der Waals surface area contributed by atoms with E-state index in [-0.39, 0.29) is 72.2 Å². The topological polar surface area (TPSA) is 80.9 Å². The molecule has 0 heterocycles. The summed E-state index contributed by atoms with van der Waals surface area (Å²) in [5, 5.41) is 46.9. The number of aromatic hydroxyl groups is 4. The van der Waals surface area contributed by atoms with Crippen LogP contribution in [0.3, 0.4) is 0 Å². The fourth-order valence-corrected chi connectivity index (χ4v) is 7.64. The highest BCUT2D eigenvalue weighted by Gasteiger charge is 2.25. The number of hydrogen-bond donors (Lipinski definition) is 4. The first-order valence-corrected chi connectivity index (χ1v) is 16.7. The lowest BCUT2D eigenvalue weighted by molar-refractivity contribution is 0.449. The molecule has 4 nitrogen and oxygen atoms in total. The van der Waals surface area contributed by atoms with Crippen molar-refractivity contribution in [2.24, 2.45) is 0 Å². The van der Waals surface area contributed by atoms with Crippen LogP contribution in [-0.4, -0.2) is 20.4 Å². The summed E-state index contributed by atoms with van der Waals surface area (Å²) in [4.78, 5) is 0. The molecule has 232 valence electrons. The molecule has 4 N–H and O–H groups in total. The smallest absolute Gasteiger partial charge is 0.122 e. The minimum Gasteiger partial charge on any atom is -0.507 e. The highest BCUT2D eigenvalue weighted by atomic mass is 35.5. The molecule has 4 aromatic carbocycles. The fourth-order valence-electron chi connectivity index (χ4n) is 6.53. The van der Waals surface area contributed by atoms with Gasteiger partial charge in [0, 0.05) is 71.5 Å². The molecule has 0 fully saturated rings. The first-order chi connectivity index (χ1) is 20.9. The molecular formula is C36H36Cl4O4. The number of fused-ring (bicyclic) bond motifs is 8. The lowest BCUT2D eigenvalue weighted by Gasteiger charge is -2.23. The van der Waals surface area contributed by atoms with Gasteiger partial charge in [-0.1, -0.05) is 24.3 Å². The molecule has 0 aromatic heterocycles. The van der Waals surface area contributed by atoms with Gasteiger partial charge in [-0.05, 0) is 94.5 Å². The Hall–Kier alpha value is -2.76. The van der Waals surface area contributed by atoms with Crippen molar-refractivity contribution in [1.82, 2.24) is 0 Å². The van der Waals surface area contributed by atoms with Crippen molar-refractivity contribution < 1.29 is 20.4 Å². The van der Waals surface area contributed by atoms with Crippen molar-refractivity contribution >= 4 is 46.4 Å². The Balaban J connectivity index is 1.90. The molecule has 5 rings (SSSR count). The van der Waals surface area contributed by atoms with Crippen LogP contribution in [0.5, 0.6) is 23.0 Å². The second kappa shape index (κ2) is 12.9. The number of benzene rings is 4. The highest BCUT2D eigenvalue weighted by Crippen LogP contribution is 2.43. The van der Waals surface area contributed by atoms with Crippen molar-refractivity contribution in [1.29, 1.82) is 0 Å². The maximum absolute atomic E-state index is 11.8. The highest BCUT2D eigenvalue weighted by molar-refractivity contribution is 6.18. The van der Waals surface area contributed by atoms with Gasteiger partial charge in [0.1, 0.15) is 23.0 Å². The third-order valence-corrected chi connectivity index (χ3v) is 10.7. The monoisotopic (exact) mass is 672 g/mol. The lowest BCUT2D eigenvalue weighted by atomic mass is 9.84. The van der Waals surface area contributed by atoms with Crippen molar-refractivity contribution in [3.63, 3.8) is 0 Å². The van der Waals surface area contributed by atoms with Gasteiger partial charge in [-0.25, -0.2) is 0 Å². The molecule has 1 aliphatic rings.